The summed E-state index contributed by atoms with van der Waals surface area (Å²) in [5.74, 6) is -1.88. The average molecular weight is 369 g/mol. The number of para-hydroxylation sites is 1. The van der Waals surface area contributed by atoms with Gasteiger partial charge < -0.3 is 15.5 Å². The number of hydrogen-bond donors (Lipinski definition) is 2. The fourth-order valence-corrected chi connectivity index (χ4v) is 2.99. The highest BCUT2D eigenvalue weighted by Crippen LogP contribution is 2.24. The molecule has 0 bridgehead atoms. The lowest BCUT2D eigenvalue weighted by Gasteiger charge is -2.16. The molecule has 1 heterocycles. The van der Waals surface area contributed by atoms with Crippen LogP contribution >= 0.6 is 0 Å². The van der Waals surface area contributed by atoms with Gasteiger partial charge in [-0.1, -0.05) is 30.3 Å². The fraction of sp³-hybridized carbons (Fsp3) is 0.250. The monoisotopic (exact) mass is 369 g/mol. The standard InChI is InChI=1S/C20H20FN3O3/c21-17-9-5-4-8-16(17)20(27)23-11-10-22-19(26)14-12-18(25)24(13-14)15-6-2-1-3-7-15/h1-9,14H,10-13H2,(H,22,26)(H,23,27). The third-order valence-electron chi connectivity index (χ3n) is 4.39. The van der Waals surface area contributed by atoms with Crippen LogP contribution < -0.4 is 15.5 Å². The molecule has 3 rings (SSSR count). The van der Waals surface area contributed by atoms with E-state index in [1.165, 1.54) is 18.2 Å². The minimum atomic E-state index is -0.593. The molecule has 1 saturated heterocycles. The van der Waals surface area contributed by atoms with Gasteiger partial charge in [0.05, 0.1) is 11.5 Å². The number of anilines is 1. The van der Waals surface area contributed by atoms with Crippen LogP contribution in [0.25, 0.3) is 0 Å². The van der Waals surface area contributed by atoms with E-state index in [4.69, 9.17) is 0 Å². The third-order valence-corrected chi connectivity index (χ3v) is 4.39. The molecule has 1 aliphatic rings. The van der Waals surface area contributed by atoms with Crippen LogP contribution in [0, 0.1) is 11.7 Å². The Hall–Kier alpha value is -3.22. The van der Waals surface area contributed by atoms with E-state index in [9.17, 15) is 18.8 Å². The Kier molecular flexibility index (Phi) is 5.80. The highest BCUT2D eigenvalue weighted by atomic mass is 19.1. The average Bonchev–Trinajstić information content (AvgIpc) is 3.08. The van der Waals surface area contributed by atoms with Crippen molar-refractivity contribution in [1.29, 1.82) is 0 Å². The molecule has 0 aliphatic carbocycles. The van der Waals surface area contributed by atoms with Crippen LogP contribution in [-0.2, 0) is 9.59 Å². The molecule has 2 aromatic rings. The highest BCUT2D eigenvalue weighted by Gasteiger charge is 2.34. The first-order valence-electron chi connectivity index (χ1n) is 8.72. The lowest BCUT2D eigenvalue weighted by Crippen LogP contribution is -2.38. The Balaban J connectivity index is 1.44. The summed E-state index contributed by atoms with van der Waals surface area (Å²) in [6.07, 6.45) is 0.155. The van der Waals surface area contributed by atoms with Crippen molar-refractivity contribution in [2.24, 2.45) is 5.92 Å². The van der Waals surface area contributed by atoms with Gasteiger partial charge >= 0.3 is 0 Å². The fourth-order valence-electron chi connectivity index (χ4n) is 2.99. The number of nitrogens with one attached hydrogen (secondary N) is 2. The van der Waals surface area contributed by atoms with Gasteiger partial charge in [0, 0.05) is 31.7 Å². The van der Waals surface area contributed by atoms with E-state index < -0.39 is 17.6 Å². The quantitative estimate of drug-likeness (QED) is 0.761. The number of carbonyl (C=O) groups excluding carboxylic acids is 3. The van der Waals surface area contributed by atoms with Gasteiger partial charge in [0.2, 0.25) is 11.8 Å². The molecule has 7 heteroatoms. The SMILES string of the molecule is O=C(NCCNC(=O)C1CC(=O)N(c2ccccc2)C1)c1ccccc1F. The summed E-state index contributed by atoms with van der Waals surface area (Å²) in [4.78, 5) is 37.9. The van der Waals surface area contributed by atoms with Crippen molar-refractivity contribution in [2.75, 3.05) is 24.5 Å². The van der Waals surface area contributed by atoms with Gasteiger partial charge in [0.25, 0.3) is 5.91 Å². The maximum Gasteiger partial charge on any atom is 0.254 e. The Morgan fingerprint density at radius 3 is 2.41 bits per heavy atom. The number of benzene rings is 2. The topological polar surface area (TPSA) is 78.5 Å². The first-order valence-corrected chi connectivity index (χ1v) is 8.72. The summed E-state index contributed by atoms with van der Waals surface area (Å²) in [6, 6.07) is 14.9. The smallest absolute Gasteiger partial charge is 0.254 e. The van der Waals surface area contributed by atoms with Crippen molar-refractivity contribution in [1.82, 2.24) is 10.6 Å². The van der Waals surface area contributed by atoms with Crippen molar-refractivity contribution < 1.29 is 18.8 Å². The predicted molar refractivity (Wildman–Crippen MR) is 98.6 cm³/mol. The molecule has 1 atom stereocenters. The Morgan fingerprint density at radius 2 is 1.67 bits per heavy atom. The number of hydrogen-bond acceptors (Lipinski definition) is 3. The zero-order chi connectivity index (χ0) is 19.2. The zero-order valence-electron chi connectivity index (χ0n) is 14.7. The van der Waals surface area contributed by atoms with Gasteiger partial charge in [-0.2, -0.15) is 0 Å². The largest absolute Gasteiger partial charge is 0.354 e. The van der Waals surface area contributed by atoms with E-state index >= 15 is 0 Å². The van der Waals surface area contributed by atoms with Gasteiger partial charge in [-0.15, -0.1) is 0 Å². The van der Waals surface area contributed by atoms with Gasteiger partial charge in [0.1, 0.15) is 5.82 Å². The zero-order valence-corrected chi connectivity index (χ0v) is 14.7. The third kappa shape index (κ3) is 4.49. The first kappa shape index (κ1) is 18.6. The minimum absolute atomic E-state index is 0.0382. The lowest BCUT2D eigenvalue weighted by molar-refractivity contribution is -0.126. The van der Waals surface area contributed by atoms with Crippen molar-refractivity contribution in [3.8, 4) is 0 Å². The van der Waals surface area contributed by atoms with Gasteiger partial charge in [-0.25, -0.2) is 4.39 Å². The van der Waals surface area contributed by atoms with Gasteiger partial charge in [-0.05, 0) is 24.3 Å². The Morgan fingerprint density at radius 1 is 1.00 bits per heavy atom. The van der Waals surface area contributed by atoms with Crippen molar-refractivity contribution in [2.45, 2.75) is 6.42 Å². The second-order valence-corrected chi connectivity index (χ2v) is 6.27. The molecule has 1 aliphatic heterocycles. The van der Waals surface area contributed by atoms with E-state index in [2.05, 4.69) is 10.6 Å². The van der Waals surface area contributed by atoms with Crippen molar-refractivity contribution in [3.05, 3.63) is 66.0 Å². The van der Waals surface area contributed by atoms with E-state index in [1.807, 2.05) is 30.3 Å². The van der Waals surface area contributed by atoms with Crippen LogP contribution in [-0.4, -0.2) is 37.4 Å². The lowest BCUT2D eigenvalue weighted by atomic mass is 10.1. The summed E-state index contributed by atoms with van der Waals surface area (Å²) in [5.41, 5.74) is 0.735. The second kappa shape index (κ2) is 8.44. The molecule has 1 unspecified atom stereocenters. The van der Waals surface area contributed by atoms with Gasteiger partial charge in [-0.3, -0.25) is 14.4 Å². The van der Waals surface area contributed by atoms with E-state index in [0.717, 1.165) is 5.69 Å². The number of nitrogens with zero attached hydrogens (tertiary/aromatic N) is 1. The number of amides is 3. The van der Waals surface area contributed by atoms with Crippen LogP contribution in [0.5, 0.6) is 0 Å². The predicted octanol–water partition coefficient (Wildman–Crippen LogP) is 1.72. The number of rotatable bonds is 6. The van der Waals surface area contributed by atoms with Gasteiger partial charge in [0.15, 0.2) is 0 Å². The number of halogens is 1. The van der Waals surface area contributed by atoms with Crippen LogP contribution in [0.2, 0.25) is 0 Å². The summed E-state index contributed by atoms with van der Waals surface area (Å²) < 4.78 is 13.5. The van der Waals surface area contributed by atoms with Crippen LogP contribution in [0.1, 0.15) is 16.8 Å². The van der Waals surface area contributed by atoms with Crippen LogP contribution in [0.4, 0.5) is 10.1 Å². The molecule has 0 spiro atoms. The van der Waals surface area contributed by atoms with E-state index in [1.54, 1.807) is 11.0 Å². The summed E-state index contributed by atoms with van der Waals surface area (Å²) >= 11 is 0. The normalized spacial score (nSPS) is 16.3. The Labute approximate surface area is 156 Å². The molecule has 2 N–H and O–H groups in total. The molecule has 1 fully saturated rings. The summed E-state index contributed by atoms with van der Waals surface area (Å²) in [6.45, 7) is 0.702. The molecule has 0 aromatic heterocycles. The maximum atomic E-state index is 13.5. The molecular formula is C20H20FN3O3. The van der Waals surface area contributed by atoms with Crippen LogP contribution in [0.3, 0.4) is 0 Å². The minimum Gasteiger partial charge on any atom is -0.354 e. The van der Waals surface area contributed by atoms with Crippen molar-refractivity contribution in [3.63, 3.8) is 0 Å². The number of carbonyl (C=O) groups is 3. The first-order chi connectivity index (χ1) is 13.1. The Bertz CT molecular complexity index is 841. The maximum absolute atomic E-state index is 13.5. The molecule has 27 heavy (non-hydrogen) atoms. The molecule has 0 saturated carbocycles. The van der Waals surface area contributed by atoms with E-state index in [-0.39, 0.29) is 36.9 Å². The summed E-state index contributed by atoms with van der Waals surface area (Å²) in [5, 5.41) is 5.27. The molecular weight excluding hydrogens is 349 g/mol. The second-order valence-electron chi connectivity index (χ2n) is 6.27. The summed E-state index contributed by atoms with van der Waals surface area (Å²) in [7, 11) is 0. The molecule has 2 aromatic carbocycles. The van der Waals surface area contributed by atoms with Crippen molar-refractivity contribution >= 4 is 23.4 Å². The van der Waals surface area contributed by atoms with Crippen LogP contribution in [0.15, 0.2) is 54.6 Å². The molecule has 6 nitrogen and oxygen atoms in total. The van der Waals surface area contributed by atoms with E-state index in [0.29, 0.717) is 6.54 Å². The molecule has 0 radical (unpaired) electrons. The highest BCUT2D eigenvalue weighted by molar-refractivity contribution is 6.00. The molecule has 140 valence electrons. The molecule has 3 amide bonds.